The fourth-order valence-electron chi connectivity index (χ4n) is 0.922. The van der Waals surface area contributed by atoms with Crippen molar-refractivity contribution in [2.75, 3.05) is 11.8 Å². The second kappa shape index (κ2) is 7.07. The molecule has 0 saturated heterocycles. The molecule has 0 fully saturated rings. The number of hydrogen-bond donors (Lipinski definition) is 2. The first kappa shape index (κ1) is 17.4. The molecule has 0 heterocycles. The van der Waals surface area contributed by atoms with Crippen molar-refractivity contribution in [3.63, 3.8) is 0 Å². The van der Waals surface area contributed by atoms with Crippen LogP contribution in [0.4, 0.5) is 0 Å². The highest BCUT2D eigenvalue weighted by atomic mass is 35.5. The highest BCUT2D eigenvalue weighted by Crippen LogP contribution is 2.16. The maximum atomic E-state index is 10.9. The Kier molecular flexibility index (Phi) is 7.22. The number of rotatable bonds is 8. The summed E-state index contributed by atoms with van der Waals surface area (Å²) in [6, 6.07) is 0. The Morgan fingerprint density at radius 1 is 0.882 bits per heavy atom. The second-order valence-corrected chi connectivity index (χ2v) is 6.85. The lowest BCUT2D eigenvalue weighted by molar-refractivity contribution is 0.0648. The van der Waals surface area contributed by atoms with E-state index in [2.05, 4.69) is 4.74 Å². The van der Waals surface area contributed by atoms with E-state index in [4.69, 9.17) is 32.3 Å². The van der Waals surface area contributed by atoms with E-state index >= 15 is 0 Å². The Hall–Kier alpha value is 0.360. The van der Waals surface area contributed by atoms with Crippen LogP contribution in [-0.4, -0.2) is 48.6 Å². The zero-order valence-corrected chi connectivity index (χ0v) is 11.6. The van der Waals surface area contributed by atoms with E-state index in [9.17, 15) is 16.8 Å². The van der Waals surface area contributed by atoms with Crippen LogP contribution in [-0.2, 0) is 25.0 Å². The molecule has 0 saturated carbocycles. The molecule has 11 heteroatoms. The van der Waals surface area contributed by atoms with E-state index in [1.54, 1.807) is 0 Å². The molecule has 0 aromatic heterocycles. The molecule has 104 valence electrons. The van der Waals surface area contributed by atoms with Crippen molar-refractivity contribution >= 4 is 43.4 Å². The van der Waals surface area contributed by atoms with Gasteiger partial charge >= 0.3 is 0 Å². The Labute approximate surface area is 110 Å². The number of hydrogen-bond acceptors (Lipinski definition) is 5. The average molecular weight is 331 g/mol. The monoisotopic (exact) mass is 330 g/mol. The van der Waals surface area contributed by atoms with Crippen molar-refractivity contribution < 1.29 is 30.7 Å². The molecule has 0 radical (unpaired) electrons. The molecule has 0 aliphatic rings. The zero-order chi connectivity index (χ0) is 13.7. The van der Waals surface area contributed by atoms with Crippen molar-refractivity contribution in [2.45, 2.75) is 23.7 Å². The SMILES string of the molecule is O=S(=O)(O)C(CCCl)OC(CCCl)S(=O)(=O)O. The van der Waals surface area contributed by atoms with Crippen LogP contribution >= 0.6 is 23.2 Å². The molecule has 17 heavy (non-hydrogen) atoms. The predicted molar refractivity (Wildman–Crippen MR) is 62.4 cm³/mol. The minimum absolute atomic E-state index is 0.177. The summed E-state index contributed by atoms with van der Waals surface area (Å²) < 4.78 is 65.6. The molecule has 7 nitrogen and oxygen atoms in total. The highest BCUT2D eigenvalue weighted by Gasteiger charge is 2.32. The number of halogens is 2. The van der Waals surface area contributed by atoms with E-state index < -0.39 is 31.1 Å². The van der Waals surface area contributed by atoms with Crippen molar-refractivity contribution in [1.82, 2.24) is 0 Å². The van der Waals surface area contributed by atoms with E-state index in [1.165, 1.54) is 0 Å². The molecular weight excluding hydrogens is 319 g/mol. The molecule has 0 aromatic rings. The van der Waals surface area contributed by atoms with Crippen molar-refractivity contribution in [3.8, 4) is 0 Å². The topological polar surface area (TPSA) is 118 Å². The molecule has 0 rings (SSSR count). The van der Waals surface area contributed by atoms with Gasteiger partial charge in [0.05, 0.1) is 0 Å². The van der Waals surface area contributed by atoms with E-state index in [-0.39, 0.29) is 24.6 Å². The Bertz CT molecular complexity index is 378. The van der Waals surface area contributed by atoms with Crippen LogP contribution in [0.2, 0.25) is 0 Å². The summed E-state index contributed by atoms with van der Waals surface area (Å²) in [7, 11) is -9.25. The van der Waals surface area contributed by atoms with Crippen LogP contribution in [0, 0.1) is 0 Å². The van der Waals surface area contributed by atoms with Gasteiger partial charge in [0.1, 0.15) is 0 Å². The highest BCUT2D eigenvalue weighted by molar-refractivity contribution is 7.87. The van der Waals surface area contributed by atoms with E-state index in [1.807, 2.05) is 0 Å². The van der Waals surface area contributed by atoms with Crippen molar-refractivity contribution in [2.24, 2.45) is 0 Å². The van der Waals surface area contributed by atoms with Gasteiger partial charge in [0.2, 0.25) is 0 Å². The third-order valence-corrected chi connectivity index (χ3v) is 4.12. The van der Waals surface area contributed by atoms with Crippen LogP contribution in [0.3, 0.4) is 0 Å². The maximum Gasteiger partial charge on any atom is 0.292 e. The zero-order valence-electron chi connectivity index (χ0n) is 8.49. The lowest BCUT2D eigenvalue weighted by Gasteiger charge is -2.19. The number of alkyl halides is 2. The Morgan fingerprint density at radius 2 is 1.18 bits per heavy atom. The first-order chi connectivity index (χ1) is 7.62. The lowest BCUT2D eigenvalue weighted by Crippen LogP contribution is -2.34. The summed E-state index contributed by atoms with van der Waals surface area (Å²) >= 11 is 10.6. The normalized spacial score (nSPS) is 16.7. The van der Waals surface area contributed by atoms with E-state index in [0.717, 1.165) is 0 Å². The molecule has 2 unspecified atom stereocenters. The largest absolute Gasteiger partial charge is 0.338 e. The summed E-state index contributed by atoms with van der Waals surface area (Å²) in [5.74, 6) is -0.354. The number of ether oxygens (including phenoxy) is 1. The van der Waals surface area contributed by atoms with E-state index in [0.29, 0.717) is 0 Å². The predicted octanol–water partition coefficient (Wildman–Crippen LogP) is 0.689. The van der Waals surface area contributed by atoms with Gasteiger partial charge in [-0.3, -0.25) is 9.11 Å². The molecule has 0 aromatic carbocycles. The van der Waals surface area contributed by atoms with Gasteiger partial charge in [0.25, 0.3) is 20.2 Å². The van der Waals surface area contributed by atoms with Crippen LogP contribution in [0.15, 0.2) is 0 Å². The molecule has 0 amide bonds. The summed E-state index contributed by atoms with van der Waals surface area (Å²) in [4.78, 5) is 0. The lowest BCUT2D eigenvalue weighted by atomic mass is 10.5. The van der Waals surface area contributed by atoms with Crippen LogP contribution in [0.5, 0.6) is 0 Å². The fraction of sp³-hybridized carbons (Fsp3) is 1.00. The molecule has 0 aliphatic carbocycles. The molecule has 2 N–H and O–H groups in total. The van der Waals surface area contributed by atoms with Gasteiger partial charge in [-0.05, 0) is 0 Å². The summed E-state index contributed by atoms with van der Waals surface area (Å²) in [5, 5.41) is 0. The van der Waals surface area contributed by atoms with Crippen LogP contribution < -0.4 is 0 Å². The van der Waals surface area contributed by atoms with Gasteiger partial charge in [-0.2, -0.15) is 16.8 Å². The first-order valence-electron chi connectivity index (χ1n) is 4.33. The molecule has 0 bridgehead atoms. The van der Waals surface area contributed by atoms with Crippen LogP contribution in [0.25, 0.3) is 0 Å². The Morgan fingerprint density at radius 3 is 1.35 bits per heavy atom. The molecular formula is C6H12Cl2O7S2. The maximum absolute atomic E-state index is 10.9. The van der Waals surface area contributed by atoms with Gasteiger partial charge in [-0.15, -0.1) is 23.2 Å². The van der Waals surface area contributed by atoms with Crippen molar-refractivity contribution in [3.05, 3.63) is 0 Å². The van der Waals surface area contributed by atoms with Gasteiger partial charge in [-0.1, -0.05) is 0 Å². The van der Waals surface area contributed by atoms with Gasteiger partial charge in [0.15, 0.2) is 10.9 Å². The van der Waals surface area contributed by atoms with Crippen LogP contribution in [0.1, 0.15) is 12.8 Å². The smallest absolute Gasteiger partial charge is 0.292 e. The molecule has 0 aliphatic heterocycles. The third kappa shape index (κ3) is 6.75. The Balaban J connectivity index is 4.94. The van der Waals surface area contributed by atoms with Gasteiger partial charge < -0.3 is 4.74 Å². The first-order valence-corrected chi connectivity index (χ1v) is 8.40. The minimum atomic E-state index is -4.63. The van der Waals surface area contributed by atoms with Gasteiger partial charge in [0, 0.05) is 24.6 Å². The summed E-state index contributed by atoms with van der Waals surface area (Å²) in [6.07, 6.45) is -0.649. The van der Waals surface area contributed by atoms with Gasteiger partial charge in [-0.25, -0.2) is 0 Å². The third-order valence-electron chi connectivity index (χ3n) is 1.66. The molecule has 2 atom stereocenters. The second-order valence-electron chi connectivity index (χ2n) is 2.98. The minimum Gasteiger partial charge on any atom is -0.338 e. The van der Waals surface area contributed by atoms with Crippen molar-refractivity contribution in [1.29, 1.82) is 0 Å². The average Bonchev–Trinajstić information content (AvgIpc) is 2.12. The quantitative estimate of drug-likeness (QED) is 0.496. The molecule has 0 spiro atoms. The summed E-state index contributed by atoms with van der Waals surface area (Å²) in [5.41, 5.74) is -3.65. The fourth-order valence-corrected chi connectivity index (χ4v) is 3.03. The standard InChI is InChI=1S/C6H12Cl2O7S2/c7-3-1-5(16(9,10)11)15-6(2-4-8)17(12,13)14/h5-6H,1-4H2,(H,9,10,11)(H,12,13,14). The summed E-state index contributed by atoms with van der Waals surface area (Å²) in [6.45, 7) is 0.